The molecule has 1 aromatic carbocycles. The predicted octanol–water partition coefficient (Wildman–Crippen LogP) is 2.97. The van der Waals surface area contributed by atoms with E-state index in [9.17, 15) is 9.18 Å². The van der Waals surface area contributed by atoms with Gasteiger partial charge in [-0.05, 0) is 18.2 Å². The topological polar surface area (TPSA) is 65.2 Å². The molecule has 4 nitrogen and oxygen atoms in total. The zero-order valence-electron chi connectivity index (χ0n) is 9.24. The van der Waals surface area contributed by atoms with Gasteiger partial charge in [0.05, 0.1) is 12.1 Å². The third-order valence-corrected chi connectivity index (χ3v) is 3.42. The number of carbonyl (C=O) groups excluding carboxylic acids is 1. The summed E-state index contributed by atoms with van der Waals surface area (Å²) in [7, 11) is 1.25. The second-order valence-corrected chi connectivity index (χ2v) is 4.79. The molecule has 0 unspecified atom stereocenters. The fraction of sp³-hybridized carbons (Fsp3) is 0.0909. The molecule has 2 N–H and O–H groups in total. The van der Waals surface area contributed by atoms with E-state index < -0.39 is 11.8 Å². The van der Waals surface area contributed by atoms with Gasteiger partial charge in [0, 0.05) is 5.56 Å². The maximum atomic E-state index is 13.0. The van der Waals surface area contributed by atoms with Crippen LogP contribution in [0, 0.1) is 5.82 Å². The Labute approximate surface area is 111 Å². The van der Waals surface area contributed by atoms with Gasteiger partial charge in [0.1, 0.15) is 15.8 Å². The molecule has 0 aliphatic heterocycles. The minimum Gasteiger partial charge on any atom is -0.464 e. The van der Waals surface area contributed by atoms with Gasteiger partial charge in [-0.3, -0.25) is 0 Å². The molecule has 1 aromatic heterocycles. The van der Waals surface area contributed by atoms with Crippen molar-refractivity contribution in [3.05, 3.63) is 34.7 Å². The fourth-order valence-electron chi connectivity index (χ4n) is 1.33. The number of halogens is 2. The summed E-state index contributed by atoms with van der Waals surface area (Å²) >= 11 is 6.79. The molecule has 94 valence electrons. The van der Waals surface area contributed by atoms with Gasteiger partial charge in [-0.25, -0.2) is 14.2 Å². The van der Waals surface area contributed by atoms with Gasteiger partial charge < -0.3 is 10.5 Å². The largest absolute Gasteiger partial charge is 0.464 e. The molecule has 18 heavy (non-hydrogen) atoms. The minimum absolute atomic E-state index is 0.0131. The van der Waals surface area contributed by atoms with Crippen LogP contribution < -0.4 is 5.73 Å². The van der Waals surface area contributed by atoms with E-state index in [2.05, 4.69) is 9.72 Å². The van der Waals surface area contributed by atoms with Crippen LogP contribution >= 0.6 is 22.9 Å². The Morgan fingerprint density at radius 1 is 1.56 bits per heavy atom. The van der Waals surface area contributed by atoms with Gasteiger partial charge in [-0.2, -0.15) is 0 Å². The average Bonchev–Trinajstić information content (AvgIpc) is 2.74. The molecule has 0 spiro atoms. The van der Waals surface area contributed by atoms with Gasteiger partial charge in [0.2, 0.25) is 0 Å². The van der Waals surface area contributed by atoms with Gasteiger partial charge >= 0.3 is 5.97 Å². The lowest BCUT2D eigenvalue weighted by Gasteiger charge is -1.98. The number of nitrogens with zero attached hydrogens (tertiary/aromatic N) is 1. The summed E-state index contributed by atoms with van der Waals surface area (Å²) < 4.78 is 17.6. The first-order chi connectivity index (χ1) is 8.52. The number of benzene rings is 1. The third kappa shape index (κ3) is 2.30. The molecular weight excluding hydrogens is 279 g/mol. The maximum Gasteiger partial charge on any atom is 0.359 e. The van der Waals surface area contributed by atoms with Gasteiger partial charge in [0.15, 0.2) is 5.69 Å². The van der Waals surface area contributed by atoms with E-state index in [1.807, 2.05) is 0 Å². The van der Waals surface area contributed by atoms with Crippen LogP contribution in [0.2, 0.25) is 5.02 Å². The van der Waals surface area contributed by atoms with E-state index in [-0.39, 0.29) is 15.7 Å². The van der Waals surface area contributed by atoms with Crippen LogP contribution in [0.4, 0.5) is 9.39 Å². The van der Waals surface area contributed by atoms with Crippen molar-refractivity contribution in [3.8, 4) is 10.6 Å². The number of nitrogens with two attached hydrogens (primary N) is 1. The smallest absolute Gasteiger partial charge is 0.359 e. The van der Waals surface area contributed by atoms with Crippen molar-refractivity contribution >= 4 is 33.9 Å². The molecular formula is C11H8ClFN2O2S. The Morgan fingerprint density at radius 2 is 2.28 bits per heavy atom. The Morgan fingerprint density at radius 3 is 2.89 bits per heavy atom. The Balaban J connectivity index is 2.45. The third-order valence-electron chi connectivity index (χ3n) is 2.20. The lowest BCUT2D eigenvalue weighted by atomic mass is 10.2. The number of anilines is 1. The molecule has 7 heteroatoms. The van der Waals surface area contributed by atoms with Crippen LogP contribution in [-0.4, -0.2) is 18.1 Å². The molecule has 0 amide bonds. The highest BCUT2D eigenvalue weighted by Crippen LogP contribution is 2.32. The number of thiazole rings is 1. The van der Waals surface area contributed by atoms with Crippen molar-refractivity contribution in [1.82, 2.24) is 4.98 Å². The van der Waals surface area contributed by atoms with Crippen LogP contribution in [0.5, 0.6) is 0 Å². The molecule has 2 rings (SSSR count). The summed E-state index contributed by atoms with van der Waals surface area (Å²) in [5, 5.41) is 0.716. The molecule has 0 saturated heterocycles. The van der Waals surface area contributed by atoms with Crippen LogP contribution in [0.1, 0.15) is 10.5 Å². The summed E-state index contributed by atoms with van der Waals surface area (Å²) in [6, 6.07) is 4.17. The van der Waals surface area contributed by atoms with E-state index in [4.69, 9.17) is 17.3 Å². The molecule has 0 radical (unpaired) electrons. The lowest BCUT2D eigenvalue weighted by Crippen LogP contribution is -2.04. The zero-order chi connectivity index (χ0) is 13.3. The highest BCUT2D eigenvalue weighted by atomic mass is 35.5. The Hall–Kier alpha value is -1.66. The fourth-order valence-corrected chi connectivity index (χ4v) is 2.32. The standard InChI is InChI=1S/C11H8ClFN2O2S/c1-17-11(16)8-9(14)18-10(15-8)5-2-3-7(13)6(12)4-5/h2-4H,14H2,1H3. The van der Waals surface area contributed by atoms with E-state index in [1.54, 1.807) is 0 Å². The second-order valence-electron chi connectivity index (χ2n) is 3.35. The van der Waals surface area contributed by atoms with E-state index in [0.717, 1.165) is 11.3 Å². The maximum absolute atomic E-state index is 13.0. The number of hydrogen-bond donors (Lipinski definition) is 1. The highest BCUT2D eigenvalue weighted by Gasteiger charge is 2.17. The van der Waals surface area contributed by atoms with Gasteiger partial charge in [-0.1, -0.05) is 22.9 Å². The molecule has 1 heterocycles. The van der Waals surface area contributed by atoms with Crippen molar-refractivity contribution in [1.29, 1.82) is 0 Å². The number of nitrogen functional groups attached to an aromatic ring is 1. The van der Waals surface area contributed by atoms with Crippen molar-refractivity contribution < 1.29 is 13.9 Å². The first-order valence-electron chi connectivity index (χ1n) is 4.83. The second kappa shape index (κ2) is 4.91. The number of methoxy groups -OCH3 is 1. The van der Waals surface area contributed by atoms with Crippen LogP contribution in [0.25, 0.3) is 10.6 Å². The number of carbonyl (C=O) groups is 1. The summed E-state index contributed by atoms with van der Waals surface area (Å²) in [4.78, 5) is 15.4. The molecule has 0 atom stereocenters. The quantitative estimate of drug-likeness (QED) is 0.862. The van der Waals surface area contributed by atoms with Crippen molar-refractivity contribution in [2.45, 2.75) is 0 Å². The number of ether oxygens (including phenoxy) is 1. The van der Waals surface area contributed by atoms with Gasteiger partial charge in [-0.15, -0.1) is 0 Å². The monoisotopic (exact) mass is 286 g/mol. The van der Waals surface area contributed by atoms with Crippen molar-refractivity contribution in [2.24, 2.45) is 0 Å². The Bertz CT molecular complexity index is 615. The number of aromatic nitrogens is 1. The van der Waals surface area contributed by atoms with Crippen LogP contribution in [-0.2, 0) is 4.74 Å². The summed E-state index contributed by atoms with van der Waals surface area (Å²) in [5.41, 5.74) is 6.32. The molecule has 0 aliphatic rings. The molecule has 0 saturated carbocycles. The van der Waals surface area contributed by atoms with Crippen molar-refractivity contribution in [3.63, 3.8) is 0 Å². The summed E-state index contributed by atoms with van der Waals surface area (Å²) in [6.45, 7) is 0. The van der Waals surface area contributed by atoms with Gasteiger partial charge in [0.25, 0.3) is 0 Å². The predicted molar refractivity (Wildman–Crippen MR) is 68.3 cm³/mol. The SMILES string of the molecule is COC(=O)c1nc(-c2ccc(F)c(Cl)c2)sc1N. The summed E-state index contributed by atoms with van der Waals surface area (Å²) in [5.74, 6) is -1.12. The summed E-state index contributed by atoms with van der Waals surface area (Å²) in [6.07, 6.45) is 0. The zero-order valence-corrected chi connectivity index (χ0v) is 10.8. The number of rotatable bonds is 2. The molecule has 0 fully saturated rings. The van der Waals surface area contributed by atoms with Crippen molar-refractivity contribution in [2.75, 3.05) is 12.8 Å². The number of hydrogen-bond acceptors (Lipinski definition) is 5. The van der Waals surface area contributed by atoms with E-state index in [1.165, 1.54) is 25.3 Å². The first kappa shape index (κ1) is 12.8. The van der Waals surface area contributed by atoms with E-state index in [0.29, 0.717) is 10.6 Å². The van der Waals surface area contributed by atoms with Crippen LogP contribution in [0.15, 0.2) is 18.2 Å². The molecule has 0 bridgehead atoms. The average molecular weight is 287 g/mol. The lowest BCUT2D eigenvalue weighted by molar-refractivity contribution is 0.0596. The minimum atomic E-state index is -0.608. The highest BCUT2D eigenvalue weighted by molar-refractivity contribution is 7.19. The van der Waals surface area contributed by atoms with E-state index >= 15 is 0 Å². The van der Waals surface area contributed by atoms with Crippen LogP contribution in [0.3, 0.4) is 0 Å². The number of esters is 1. The first-order valence-corrected chi connectivity index (χ1v) is 6.02. The molecule has 2 aromatic rings. The normalized spacial score (nSPS) is 10.4. The molecule has 0 aliphatic carbocycles. The Kier molecular flexibility index (Phi) is 3.49.